The molecule has 0 spiro atoms. The quantitative estimate of drug-likeness (QED) is 0.641. The minimum absolute atomic E-state index is 0.0787. The second kappa shape index (κ2) is 8.09. The molecule has 0 unspecified atom stereocenters. The van der Waals surface area contributed by atoms with E-state index in [4.69, 9.17) is 9.26 Å². The molecule has 1 aliphatic rings. The number of aromatic nitrogens is 1. The lowest BCUT2D eigenvalue weighted by atomic mass is 9.96. The smallest absolute Gasteiger partial charge is 0.417 e. The Morgan fingerprint density at radius 1 is 1.13 bits per heavy atom. The van der Waals surface area contributed by atoms with Gasteiger partial charge in [-0.15, -0.1) is 0 Å². The fraction of sp³-hybridized carbons (Fsp3) is 0.304. The Kier molecular flexibility index (Phi) is 5.47. The van der Waals surface area contributed by atoms with Crippen molar-refractivity contribution in [1.29, 1.82) is 0 Å². The number of hydrogen-bond donors (Lipinski definition) is 1. The summed E-state index contributed by atoms with van der Waals surface area (Å²) in [6.45, 7) is 3.77. The van der Waals surface area contributed by atoms with E-state index in [0.717, 1.165) is 17.2 Å². The molecule has 0 bridgehead atoms. The Morgan fingerprint density at radius 3 is 2.58 bits per heavy atom. The molecule has 0 fully saturated rings. The fourth-order valence-corrected chi connectivity index (χ4v) is 3.83. The van der Waals surface area contributed by atoms with Crippen molar-refractivity contribution >= 4 is 5.91 Å². The molecule has 2 heterocycles. The standard InChI is InChI=1S/C23H21F3N2O3/c1-13-19(14(2)31-28-13)11-21(29)27-12-16-10-15-6-5-8-18(22(15)30-16)17-7-3-4-9-20(17)23(24,25)26/h3-9,16H,10-12H2,1-2H3,(H,27,29)/t16-/m0/s1. The third kappa shape index (κ3) is 4.28. The number of aryl methyl sites for hydroxylation is 2. The van der Waals surface area contributed by atoms with E-state index in [1.54, 1.807) is 32.0 Å². The second-order valence-corrected chi connectivity index (χ2v) is 7.56. The lowest BCUT2D eigenvalue weighted by Gasteiger charge is -2.16. The molecule has 0 radical (unpaired) electrons. The molecule has 8 heteroatoms. The lowest BCUT2D eigenvalue weighted by Crippen LogP contribution is -2.35. The van der Waals surface area contributed by atoms with Crippen LogP contribution in [0.25, 0.3) is 11.1 Å². The van der Waals surface area contributed by atoms with Crippen LogP contribution < -0.4 is 10.1 Å². The van der Waals surface area contributed by atoms with Crippen LogP contribution in [-0.4, -0.2) is 23.7 Å². The number of nitrogens with one attached hydrogen (secondary N) is 1. The van der Waals surface area contributed by atoms with Gasteiger partial charge in [0.15, 0.2) is 0 Å². The van der Waals surface area contributed by atoms with Crippen molar-refractivity contribution in [1.82, 2.24) is 10.5 Å². The zero-order valence-electron chi connectivity index (χ0n) is 17.0. The number of hydrogen-bond acceptors (Lipinski definition) is 4. The largest absolute Gasteiger partial charge is 0.487 e. The molecule has 4 rings (SSSR count). The number of amides is 1. The van der Waals surface area contributed by atoms with E-state index in [-0.39, 0.29) is 30.5 Å². The van der Waals surface area contributed by atoms with Gasteiger partial charge in [-0.1, -0.05) is 41.6 Å². The Bertz CT molecular complexity index is 1100. The van der Waals surface area contributed by atoms with Crippen molar-refractivity contribution in [2.75, 3.05) is 6.54 Å². The van der Waals surface area contributed by atoms with E-state index in [9.17, 15) is 18.0 Å². The van der Waals surface area contributed by atoms with Crippen LogP contribution in [-0.2, 0) is 23.8 Å². The molecule has 1 aromatic heterocycles. The molecule has 0 aliphatic carbocycles. The van der Waals surface area contributed by atoms with E-state index in [1.807, 2.05) is 6.07 Å². The maximum Gasteiger partial charge on any atom is 0.417 e. The SMILES string of the molecule is Cc1noc(C)c1CC(=O)NC[C@@H]1Cc2cccc(-c3ccccc3C(F)(F)F)c2O1. The predicted octanol–water partition coefficient (Wildman–Crippen LogP) is 4.64. The molecule has 0 saturated carbocycles. The van der Waals surface area contributed by atoms with Gasteiger partial charge in [0, 0.05) is 17.5 Å². The van der Waals surface area contributed by atoms with Gasteiger partial charge in [-0.2, -0.15) is 13.2 Å². The first-order valence-corrected chi connectivity index (χ1v) is 9.87. The summed E-state index contributed by atoms with van der Waals surface area (Å²) in [5.74, 6) is 0.839. The third-order valence-corrected chi connectivity index (χ3v) is 5.40. The monoisotopic (exact) mass is 430 g/mol. The first-order chi connectivity index (χ1) is 14.7. The maximum absolute atomic E-state index is 13.5. The van der Waals surface area contributed by atoms with E-state index >= 15 is 0 Å². The van der Waals surface area contributed by atoms with Gasteiger partial charge < -0.3 is 14.6 Å². The lowest BCUT2D eigenvalue weighted by molar-refractivity contribution is -0.137. The van der Waals surface area contributed by atoms with E-state index < -0.39 is 11.7 Å². The zero-order valence-corrected chi connectivity index (χ0v) is 17.0. The molecule has 5 nitrogen and oxygen atoms in total. The Labute approximate surface area is 177 Å². The van der Waals surface area contributed by atoms with Gasteiger partial charge in [0.05, 0.1) is 24.2 Å². The summed E-state index contributed by atoms with van der Waals surface area (Å²) < 4.78 is 51.5. The van der Waals surface area contributed by atoms with Crippen molar-refractivity contribution in [3.8, 4) is 16.9 Å². The van der Waals surface area contributed by atoms with Crippen molar-refractivity contribution < 1.29 is 27.2 Å². The van der Waals surface area contributed by atoms with E-state index in [0.29, 0.717) is 29.2 Å². The molecular formula is C23H21F3N2O3. The van der Waals surface area contributed by atoms with Gasteiger partial charge in [-0.3, -0.25) is 4.79 Å². The molecule has 2 aromatic carbocycles. The highest BCUT2D eigenvalue weighted by Gasteiger charge is 2.35. The predicted molar refractivity (Wildman–Crippen MR) is 108 cm³/mol. The number of nitrogens with zero attached hydrogens (tertiary/aromatic N) is 1. The second-order valence-electron chi connectivity index (χ2n) is 7.56. The number of fused-ring (bicyclic) bond motifs is 1. The van der Waals surface area contributed by atoms with Gasteiger partial charge in [-0.25, -0.2) is 0 Å². The van der Waals surface area contributed by atoms with Gasteiger partial charge in [0.25, 0.3) is 0 Å². The Morgan fingerprint density at radius 2 is 1.87 bits per heavy atom. The Hall–Kier alpha value is -3.29. The molecule has 0 saturated heterocycles. The van der Waals surface area contributed by atoms with Gasteiger partial charge in [0.2, 0.25) is 5.91 Å². The minimum atomic E-state index is -4.47. The average Bonchev–Trinajstić information content (AvgIpc) is 3.29. The molecule has 162 valence electrons. The number of ether oxygens (including phenoxy) is 1. The third-order valence-electron chi connectivity index (χ3n) is 5.40. The van der Waals surface area contributed by atoms with Crippen molar-refractivity contribution in [2.24, 2.45) is 0 Å². The molecule has 1 N–H and O–H groups in total. The summed E-state index contributed by atoms with van der Waals surface area (Å²) >= 11 is 0. The number of halogens is 3. The summed E-state index contributed by atoms with van der Waals surface area (Å²) in [6, 6.07) is 10.6. The number of carbonyl (C=O) groups excluding carboxylic acids is 1. The Balaban J connectivity index is 1.48. The first-order valence-electron chi connectivity index (χ1n) is 9.87. The average molecular weight is 430 g/mol. The maximum atomic E-state index is 13.5. The molecule has 3 aromatic rings. The zero-order chi connectivity index (χ0) is 22.2. The number of benzene rings is 2. The van der Waals surface area contributed by atoms with Crippen molar-refractivity contribution in [2.45, 2.75) is 39.0 Å². The molecule has 31 heavy (non-hydrogen) atoms. The fourth-order valence-electron chi connectivity index (χ4n) is 3.83. The number of para-hydroxylation sites is 1. The highest BCUT2D eigenvalue weighted by Crippen LogP contribution is 2.43. The van der Waals surface area contributed by atoms with E-state index in [2.05, 4.69) is 10.5 Å². The first kappa shape index (κ1) is 21.0. The summed E-state index contributed by atoms with van der Waals surface area (Å²) in [5.41, 5.74) is 2.01. The van der Waals surface area contributed by atoms with Gasteiger partial charge in [-0.05, 0) is 31.0 Å². The van der Waals surface area contributed by atoms with Crippen molar-refractivity contribution in [3.05, 3.63) is 70.6 Å². The van der Waals surface area contributed by atoms with Gasteiger partial charge in [0.1, 0.15) is 17.6 Å². The highest BCUT2D eigenvalue weighted by molar-refractivity contribution is 5.79. The molecular weight excluding hydrogens is 409 g/mol. The van der Waals surface area contributed by atoms with Crippen molar-refractivity contribution in [3.63, 3.8) is 0 Å². The molecule has 1 atom stereocenters. The molecule has 1 amide bonds. The topological polar surface area (TPSA) is 64.4 Å². The summed E-state index contributed by atoms with van der Waals surface area (Å²) in [4.78, 5) is 12.3. The van der Waals surface area contributed by atoms with Crippen LogP contribution in [0.2, 0.25) is 0 Å². The summed E-state index contributed by atoms with van der Waals surface area (Å²) in [5, 5.41) is 6.67. The van der Waals surface area contributed by atoms with Crippen LogP contribution in [0.3, 0.4) is 0 Å². The van der Waals surface area contributed by atoms with Crippen LogP contribution in [0.15, 0.2) is 47.0 Å². The van der Waals surface area contributed by atoms with Crippen LogP contribution in [0.4, 0.5) is 13.2 Å². The summed E-state index contributed by atoms with van der Waals surface area (Å²) in [6.07, 6.45) is -4.18. The van der Waals surface area contributed by atoms with Crippen LogP contribution >= 0.6 is 0 Å². The normalized spacial score (nSPS) is 15.5. The number of rotatable bonds is 5. The van der Waals surface area contributed by atoms with Crippen LogP contribution in [0.5, 0.6) is 5.75 Å². The van der Waals surface area contributed by atoms with E-state index in [1.165, 1.54) is 12.1 Å². The van der Waals surface area contributed by atoms with Gasteiger partial charge >= 0.3 is 6.18 Å². The van der Waals surface area contributed by atoms with Crippen LogP contribution in [0.1, 0.15) is 28.1 Å². The summed E-state index contributed by atoms with van der Waals surface area (Å²) in [7, 11) is 0. The minimum Gasteiger partial charge on any atom is -0.487 e. The number of carbonyl (C=O) groups is 1. The number of alkyl halides is 3. The highest BCUT2D eigenvalue weighted by atomic mass is 19.4. The van der Waals surface area contributed by atoms with Crippen LogP contribution in [0, 0.1) is 13.8 Å². The molecule has 1 aliphatic heterocycles.